The van der Waals surface area contributed by atoms with Gasteiger partial charge in [-0.15, -0.1) is 0 Å². The zero-order valence-corrected chi connectivity index (χ0v) is 6.50. The van der Waals surface area contributed by atoms with Crippen LogP contribution in [0.2, 0.25) is 0 Å². The van der Waals surface area contributed by atoms with E-state index in [1.165, 1.54) is 13.2 Å². The first kappa shape index (κ1) is 32.8. The molecule has 0 aromatic heterocycles. The largest absolute Gasteiger partial charge is 0.542 e. The summed E-state index contributed by atoms with van der Waals surface area (Å²) in [6.07, 6.45) is 1.50. The predicted octanol–water partition coefficient (Wildman–Crippen LogP) is 1.01. The molecule has 0 fully saturated rings. The van der Waals surface area contributed by atoms with Crippen LogP contribution in [-0.4, -0.2) is 6.29 Å². The summed E-state index contributed by atoms with van der Waals surface area (Å²) in [5, 5.41) is 0. The van der Waals surface area contributed by atoms with Gasteiger partial charge in [0, 0.05) is 21.1 Å². The van der Waals surface area contributed by atoms with Crippen molar-refractivity contribution in [2.75, 3.05) is 0 Å². The molecule has 0 atom stereocenters. The molecule has 0 bridgehead atoms. The minimum Gasteiger partial charge on any atom is -0.542 e. The van der Waals surface area contributed by atoms with Crippen LogP contribution in [0.15, 0.2) is 0 Å². The van der Waals surface area contributed by atoms with Crippen molar-refractivity contribution in [1.29, 1.82) is 0 Å². The van der Waals surface area contributed by atoms with E-state index in [9.17, 15) is 0 Å². The van der Waals surface area contributed by atoms with Gasteiger partial charge in [0.15, 0.2) is 0 Å². The van der Waals surface area contributed by atoms with Gasteiger partial charge in [0.25, 0.3) is 0 Å². The van der Waals surface area contributed by atoms with Gasteiger partial charge in [-0.2, -0.15) is 6.92 Å². The van der Waals surface area contributed by atoms with E-state index in [0.29, 0.717) is 0 Å². The van der Waals surface area contributed by atoms with Gasteiger partial charge < -0.3 is 19.6 Å². The maximum absolute atomic E-state index is 8.68. The molecule has 2 heteroatoms. The van der Waals surface area contributed by atoms with Crippen LogP contribution in [0.1, 0.15) is 6.92 Å². The van der Waals surface area contributed by atoms with Crippen molar-refractivity contribution in [2.24, 2.45) is 0 Å². The van der Waals surface area contributed by atoms with Crippen molar-refractivity contribution < 1.29 is 25.9 Å². The molecular weight excluding hydrogens is 259 g/mol. The third-order valence-corrected chi connectivity index (χ3v) is 0. The fourth-order valence-corrected chi connectivity index (χ4v) is 0. The Bertz CT molecular complexity index is 15.0. The van der Waals surface area contributed by atoms with Crippen molar-refractivity contribution in [3.05, 3.63) is 14.9 Å². The van der Waals surface area contributed by atoms with Crippen LogP contribution in [0.5, 0.6) is 0 Å². The fraction of sp³-hybridized carbons (Fsp3) is 0.250. The van der Waals surface area contributed by atoms with Gasteiger partial charge >= 0.3 is 0 Å². The average molecular weight is 268 g/mol. The van der Waals surface area contributed by atoms with E-state index < -0.39 is 0 Å². The van der Waals surface area contributed by atoms with Crippen LogP contribution >= 0.6 is 0 Å². The van der Waals surface area contributed by atoms with Gasteiger partial charge in [0.05, 0.1) is 0 Å². The number of hydrogen-bond donors (Lipinski definition) is 0. The van der Waals surface area contributed by atoms with Crippen molar-refractivity contribution in [3.63, 3.8) is 0 Å². The zero-order chi connectivity index (χ0) is 2.71. The molecule has 1 nitrogen and oxygen atoms in total. The predicted molar refractivity (Wildman–Crippen MR) is 24.2 cm³/mol. The van der Waals surface area contributed by atoms with Crippen LogP contribution in [0, 0.1) is 14.9 Å². The van der Waals surface area contributed by atoms with Crippen LogP contribution < -0.4 is 0 Å². The molecule has 0 saturated heterocycles. The maximum atomic E-state index is 8.68. The molecule has 0 amide bonds. The van der Waals surface area contributed by atoms with Crippen molar-refractivity contribution in [1.82, 2.24) is 0 Å². The molecule has 0 aromatic rings. The topological polar surface area (TPSA) is 17.1 Å². The molecule has 0 aliphatic heterocycles. The van der Waals surface area contributed by atoms with E-state index in [0.717, 1.165) is 0 Å². The summed E-state index contributed by atoms with van der Waals surface area (Å²) in [6, 6.07) is 0. The van der Waals surface area contributed by atoms with Gasteiger partial charge in [-0.25, -0.2) is 0 Å². The van der Waals surface area contributed by atoms with Crippen LogP contribution in [0.25, 0.3) is 0 Å². The summed E-state index contributed by atoms with van der Waals surface area (Å²) >= 11 is 0. The minimum absolute atomic E-state index is 0. The summed E-state index contributed by atoms with van der Waals surface area (Å²) in [7, 11) is 0. The molecule has 0 unspecified atom stereocenters. The van der Waals surface area contributed by atoms with Crippen LogP contribution in [0.3, 0.4) is 0 Å². The first-order valence-corrected chi connectivity index (χ1v) is 0.704. The normalized spacial score (nSPS) is 2.17. The summed E-state index contributed by atoms with van der Waals surface area (Å²) in [5.74, 6) is 0. The molecular formula is C4H9OPt-3. The van der Waals surface area contributed by atoms with E-state index >= 15 is 0 Å². The third-order valence-electron chi connectivity index (χ3n) is 0. The Morgan fingerprint density at radius 1 is 1.33 bits per heavy atom. The van der Waals surface area contributed by atoms with Crippen molar-refractivity contribution in [2.45, 2.75) is 6.92 Å². The number of hydrogen-bond acceptors (Lipinski definition) is 1. The molecule has 0 N–H and O–H groups in total. The summed E-state index contributed by atoms with van der Waals surface area (Å²) < 4.78 is 0. The fourth-order valence-electron chi connectivity index (χ4n) is 0. The van der Waals surface area contributed by atoms with E-state index in [1.54, 1.807) is 0 Å². The third kappa shape index (κ3) is 383. The molecule has 0 spiro atoms. The van der Waals surface area contributed by atoms with E-state index in [1.807, 2.05) is 0 Å². The Hall–Kier alpha value is 0.358. The molecule has 6 heavy (non-hydrogen) atoms. The molecule has 0 heterocycles. The van der Waals surface area contributed by atoms with Crippen molar-refractivity contribution in [3.8, 4) is 0 Å². The molecule has 44 valence electrons. The molecule has 0 saturated carbocycles. The Balaban J connectivity index is -0.00000000667. The summed E-state index contributed by atoms with van der Waals surface area (Å²) in [6.45, 7) is 1.32. The van der Waals surface area contributed by atoms with Crippen LogP contribution in [0.4, 0.5) is 0 Å². The standard InChI is InChI=1S/C2H3O.2CH3.Pt/c1-2-3;;;/h1H3;2*1H3;/q3*-1;. The molecule has 0 aromatic carbocycles. The molecule has 0 radical (unpaired) electrons. The average Bonchev–Trinajstić information content (AvgIpc) is 0.918. The number of rotatable bonds is 0. The quantitative estimate of drug-likeness (QED) is 0.599. The number of carbonyl (C=O) groups excluding carboxylic acids is 1. The summed E-state index contributed by atoms with van der Waals surface area (Å²) in [5.41, 5.74) is 0. The second-order valence-electron chi connectivity index (χ2n) is 0.204. The van der Waals surface area contributed by atoms with Gasteiger partial charge in [0.2, 0.25) is 0 Å². The Morgan fingerprint density at radius 3 is 1.33 bits per heavy atom. The Kier molecular flexibility index (Phi) is 302. The van der Waals surface area contributed by atoms with Crippen LogP contribution in [-0.2, 0) is 25.9 Å². The van der Waals surface area contributed by atoms with Crippen molar-refractivity contribution >= 4 is 6.29 Å². The monoisotopic (exact) mass is 268 g/mol. The molecule has 0 rings (SSSR count). The first-order valence-electron chi connectivity index (χ1n) is 0.704. The van der Waals surface area contributed by atoms with Gasteiger partial charge in [-0.05, 0) is 0 Å². The molecule has 0 aliphatic rings. The summed E-state index contributed by atoms with van der Waals surface area (Å²) in [4.78, 5) is 8.68. The van der Waals surface area contributed by atoms with Gasteiger partial charge in [0.1, 0.15) is 0 Å². The van der Waals surface area contributed by atoms with E-state index in [2.05, 4.69) is 0 Å². The zero-order valence-electron chi connectivity index (χ0n) is 4.22. The minimum atomic E-state index is 0. The SMILES string of the molecule is C[C-]=O.[CH3-].[CH3-].[Pt]. The maximum Gasteiger partial charge on any atom is 0 e. The Labute approximate surface area is 54.4 Å². The Morgan fingerprint density at radius 2 is 1.33 bits per heavy atom. The van der Waals surface area contributed by atoms with E-state index in [4.69, 9.17) is 4.79 Å². The molecule has 0 aliphatic carbocycles. The van der Waals surface area contributed by atoms with Gasteiger partial charge in [-0.1, -0.05) is 0 Å². The van der Waals surface area contributed by atoms with Gasteiger partial charge in [-0.3, -0.25) is 6.29 Å². The van der Waals surface area contributed by atoms with E-state index in [-0.39, 0.29) is 35.9 Å². The smallest absolute Gasteiger partial charge is 0 e. The second kappa shape index (κ2) is 55.2. The second-order valence-corrected chi connectivity index (χ2v) is 0.204. The first-order chi connectivity index (χ1) is 1.41.